The van der Waals surface area contributed by atoms with Gasteiger partial charge in [0.25, 0.3) is 5.91 Å². The van der Waals surface area contributed by atoms with Crippen LogP contribution >= 0.6 is 0 Å². The Morgan fingerprint density at radius 1 is 1.26 bits per heavy atom. The van der Waals surface area contributed by atoms with Crippen molar-refractivity contribution >= 4 is 11.9 Å². The van der Waals surface area contributed by atoms with Crippen LogP contribution in [-0.2, 0) is 17.9 Å². The van der Waals surface area contributed by atoms with Crippen molar-refractivity contribution in [3.8, 4) is 0 Å². The van der Waals surface area contributed by atoms with Gasteiger partial charge in [-0.3, -0.25) is 24.2 Å². The van der Waals surface area contributed by atoms with Crippen molar-refractivity contribution in [1.82, 2.24) is 24.6 Å². The zero-order valence-electron chi connectivity index (χ0n) is 15.3. The fraction of sp³-hybridized carbons (Fsp3) is 0.474. The van der Waals surface area contributed by atoms with E-state index in [0.717, 1.165) is 5.56 Å². The topological polar surface area (TPSA) is 91.6 Å². The van der Waals surface area contributed by atoms with Gasteiger partial charge in [-0.25, -0.2) is 0 Å². The van der Waals surface area contributed by atoms with E-state index in [4.69, 9.17) is 0 Å². The quantitative estimate of drug-likeness (QED) is 0.844. The van der Waals surface area contributed by atoms with Crippen LogP contribution in [0.3, 0.4) is 0 Å². The molecule has 4 rings (SSSR count). The Hall–Kier alpha value is -2.74. The number of carbonyl (C=O) groups is 2. The van der Waals surface area contributed by atoms with Crippen molar-refractivity contribution in [3.05, 3.63) is 48.0 Å². The monoisotopic (exact) mass is 369 g/mol. The van der Waals surface area contributed by atoms with E-state index in [-0.39, 0.29) is 18.4 Å². The maximum Gasteiger partial charge on any atom is 0.313 e. The lowest BCUT2D eigenvalue weighted by Crippen LogP contribution is -2.42. The van der Waals surface area contributed by atoms with E-state index < -0.39 is 11.4 Å². The number of nitrogens with zero attached hydrogens (tertiary/aromatic N) is 5. The third-order valence-corrected chi connectivity index (χ3v) is 5.76. The highest BCUT2D eigenvalue weighted by Crippen LogP contribution is 2.43. The highest BCUT2D eigenvalue weighted by molar-refractivity contribution is 5.93. The van der Waals surface area contributed by atoms with E-state index in [1.54, 1.807) is 28.0 Å². The first-order valence-corrected chi connectivity index (χ1v) is 9.19. The number of rotatable bonds is 5. The van der Waals surface area contributed by atoms with Gasteiger partial charge in [0.05, 0.1) is 0 Å². The number of pyridine rings is 1. The average Bonchev–Trinajstić information content (AvgIpc) is 3.34. The summed E-state index contributed by atoms with van der Waals surface area (Å²) in [4.78, 5) is 33.1. The molecule has 2 saturated heterocycles. The average molecular weight is 369 g/mol. The number of hydrogen-bond acceptors (Lipinski definition) is 5. The molecule has 8 heteroatoms. The second-order valence-corrected chi connectivity index (χ2v) is 7.41. The molecular formula is C19H23N5O3. The van der Waals surface area contributed by atoms with Gasteiger partial charge < -0.3 is 10.0 Å². The summed E-state index contributed by atoms with van der Waals surface area (Å²) in [6.07, 6.45) is 5.14. The molecule has 0 spiro atoms. The van der Waals surface area contributed by atoms with Gasteiger partial charge in [-0.2, -0.15) is 5.10 Å². The van der Waals surface area contributed by atoms with E-state index in [2.05, 4.69) is 15.0 Å². The minimum atomic E-state index is -0.908. The molecule has 0 aliphatic carbocycles. The Bertz CT molecular complexity index is 852. The maximum absolute atomic E-state index is 12.9. The minimum Gasteiger partial charge on any atom is -0.481 e. The molecule has 0 bridgehead atoms. The summed E-state index contributed by atoms with van der Waals surface area (Å²) in [5, 5.41) is 14.1. The predicted molar refractivity (Wildman–Crippen MR) is 96.9 cm³/mol. The molecule has 0 unspecified atom stereocenters. The van der Waals surface area contributed by atoms with Crippen molar-refractivity contribution in [3.63, 3.8) is 0 Å². The SMILES string of the molecule is CCn1nccc1C(=O)N1C[C@H]2CN(Cc3cccnc3)C[C@@]2(C(=O)O)C1. The number of hydrogen-bond donors (Lipinski definition) is 1. The number of fused-ring (bicyclic) bond motifs is 1. The van der Waals surface area contributed by atoms with E-state index in [1.807, 2.05) is 25.3 Å². The predicted octanol–water partition coefficient (Wildman–Crippen LogP) is 0.957. The highest BCUT2D eigenvalue weighted by Gasteiger charge is 2.58. The summed E-state index contributed by atoms with van der Waals surface area (Å²) in [5.74, 6) is -1.03. The van der Waals surface area contributed by atoms with Crippen LogP contribution in [0, 0.1) is 11.3 Å². The smallest absolute Gasteiger partial charge is 0.313 e. The van der Waals surface area contributed by atoms with Gasteiger partial charge >= 0.3 is 5.97 Å². The first-order chi connectivity index (χ1) is 13.0. The lowest BCUT2D eigenvalue weighted by atomic mass is 9.81. The van der Waals surface area contributed by atoms with Gasteiger partial charge in [0.2, 0.25) is 0 Å². The van der Waals surface area contributed by atoms with E-state index in [1.165, 1.54) is 0 Å². The van der Waals surface area contributed by atoms with Crippen LogP contribution in [0.25, 0.3) is 0 Å². The Labute approximate surface area is 157 Å². The van der Waals surface area contributed by atoms with Gasteiger partial charge in [0.15, 0.2) is 0 Å². The van der Waals surface area contributed by atoms with E-state index in [0.29, 0.717) is 38.4 Å². The maximum atomic E-state index is 12.9. The molecule has 0 radical (unpaired) electrons. The van der Waals surface area contributed by atoms with Crippen LogP contribution in [0.4, 0.5) is 0 Å². The van der Waals surface area contributed by atoms with Crippen molar-refractivity contribution < 1.29 is 14.7 Å². The van der Waals surface area contributed by atoms with Crippen molar-refractivity contribution in [1.29, 1.82) is 0 Å². The summed E-state index contributed by atoms with van der Waals surface area (Å²) in [6.45, 7) is 5.02. The zero-order chi connectivity index (χ0) is 19.0. The van der Waals surface area contributed by atoms with Gasteiger partial charge in [0.1, 0.15) is 11.1 Å². The van der Waals surface area contributed by atoms with Gasteiger partial charge in [-0.1, -0.05) is 6.07 Å². The lowest BCUT2D eigenvalue weighted by molar-refractivity contribution is -0.148. The van der Waals surface area contributed by atoms with Crippen LogP contribution in [0.2, 0.25) is 0 Å². The number of aliphatic carboxylic acids is 1. The summed E-state index contributed by atoms with van der Waals surface area (Å²) in [5.41, 5.74) is 0.678. The van der Waals surface area contributed by atoms with Crippen LogP contribution in [0.5, 0.6) is 0 Å². The minimum absolute atomic E-state index is 0.0754. The lowest BCUT2D eigenvalue weighted by Gasteiger charge is -2.25. The molecule has 2 aromatic rings. The molecule has 2 fully saturated rings. The molecule has 1 N–H and O–H groups in total. The number of carboxylic acids is 1. The van der Waals surface area contributed by atoms with E-state index in [9.17, 15) is 14.7 Å². The van der Waals surface area contributed by atoms with Gasteiger partial charge in [0, 0.05) is 63.8 Å². The fourth-order valence-corrected chi connectivity index (χ4v) is 4.43. The standard InChI is InChI=1S/C19H23N5O3/c1-2-24-16(5-7-21-24)17(25)23-11-15-10-22(9-14-4-3-6-20-8-14)12-19(15,13-23)18(26)27/h3-8,15H,2,9-13H2,1H3,(H,26,27)/t15-,19-/m1/s1. The molecule has 0 saturated carbocycles. The number of amides is 1. The molecule has 2 aliphatic heterocycles. The summed E-state index contributed by atoms with van der Waals surface area (Å²) >= 11 is 0. The molecule has 2 aromatic heterocycles. The Kier molecular flexibility index (Phi) is 4.43. The first-order valence-electron chi connectivity index (χ1n) is 9.19. The number of aromatic nitrogens is 3. The molecule has 2 aliphatic rings. The highest BCUT2D eigenvalue weighted by atomic mass is 16.4. The molecule has 27 heavy (non-hydrogen) atoms. The molecule has 1 amide bonds. The molecule has 0 aromatic carbocycles. The molecule has 142 valence electrons. The van der Waals surface area contributed by atoms with Gasteiger partial charge in [-0.05, 0) is 24.6 Å². The van der Waals surface area contributed by atoms with Crippen LogP contribution in [-0.4, -0.2) is 67.7 Å². The molecule has 8 nitrogen and oxygen atoms in total. The van der Waals surface area contributed by atoms with Crippen molar-refractivity contribution in [2.24, 2.45) is 11.3 Å². The Morgan fingerprint density at radius 2 is 2.11 bits per heavy atom. The number of likely N-dealkylation sites (tertiary alicyclic amines) is 2. The summed E-state index contributed by atoms with van der Waals surface area (Å²) in [7, 11) is 0. The second kappa shape index (κ2) is 6.77. The van der Waals surface area contributed by atoms with Crippen LogP contribution in [0.1, 0.15) is 23.0 Å². The molecule has 2 atom stereocenters. The summed E-state index contributed by atoms with van der Waals surface area (Å²) < 4.78 is 1.65. The number of carboxylic acid groups (broad SMARTS) is 1. The number of carbonyl (C=O) groups excluding carboxylic acids is 1. The fourth-order valence-electron chi connectivity index (χ4n) is 4.43. The Balaban J connectivity index is 1.51. The molecule has 4 heterocycles. The third-order valence-electron chi connectivity index (χ3n) is 5.76. The van der Waals surface area contributed by atoms with E-state index >= 15 is 0 Å². The van der Waals surface area contributed by atoms with Crippen molar-refractivity contribution in [2.45, 2.75) is 20.0 Å². The third kappa shape index (κ3) is 2.99. The van der Waals surface area contributed by atoms with Crippen molar-refractivity contribution in [2.75, 3.05) is 26.2 Å². The van der Waals surface area contributed by atoms with Crippen LogP contribution < -0.4 is 0 Å². The van der Waals surface area contributed by atoms with Gasteiger partial charge in [-0.15, -0.1) is 0 Å². The second-order valence-electron chi connectivity index (χ2n) is 7.41. The summed E-state index contributed by atoms with van der Waals surface area (Å²) in [6, 6.07) is 5.58. The zero-order valence-corrected chi connectivity index (χ0v) is 15.3. The van der Waals surface area contributed by atoms with Crippen LogP contribution in [0.15, 0.2) is 36.8 Å². The Morgan fingerprint density at radius 3 is 2.78 bits per heavy atom. The largest absolute Gasteiger partial charge is 0.481 e. The normalized spacial score (nSPS) is 24.9. The molecular weight excluding hydrogens is 346 g/mol. The number of aryl methyl sites for hydroxylation is 1. The first kappa shape index (κ1) is 17.7.